The summed E-state index contributed by atoms with van der Waals surface area (Å²) in [6.07, 6.45) is 4.38. The van der Waals surface area contributed by atoms with Crippen molar-refractivity contribution in [2.24, 2.45) is 0 Å². The molecule has 0 aromatic heterocycles. The van der Waals surface area contributed by atoms with Crippen LogP contribution in [0, 0.1) is 11.3 Å². The molecule has 4 nitrogen and oxygen atoms in total. The molecule has 0 aliphatic heterocycles. The number of nitrogens with zero attached hydrogens (tertiary/aromatic N) is 1. The fraction of sp³-hybridized carbons (Fsp3) is 0.412. The molecule has 0 spiro atoms. The van der Waals surface area contributed by atoms with Gasteiger partial charge in [0, 0.05) is 12.1 Å². The van der Waals surface area contributed by atoms with E-state index in [1.807, 2.05) is 37.3 Å². The van der Waals surface area contributed by atoms with Crippen LogP contribution in [0.15, 0.2) is 29.8 Å². The van der Waals surface area contributed by atoms with E-state index in [1.54, 1.807) is 6.08 Å². The van der Waals surface area contributed by atoms with Crippen LogP contribution in [0.2, 0.25) is 0 Å². The van der Waals surface area contributed by atoms with Crippen molar-refractivity contribution >= 4 is 12.0 Å². The molecule has 4 heteroatoms. The average molecular weight is 286 g/mol. The number of unbranched alkanes of at least 4 members (excludes halogenated alkanes) is 1. The Labute approximate surface area is 126 Å². The first kappa shape index (κ1) is 16.8. The number of carbonyl (C=O) groups is 1. The summed E-state index contributed by atoms with van der Waals surface area (Å²) in [6.45, 7) is 5.27. The molecular formula is C17H22N2O2. The first-order valence-electron chi connectivity index (χ1n) is 7.34. The molecular weight excluding hydrogens is 264 g/mol. The monoisotopic (exact) mass is 286 g/mol. The Morgan fingerprint density at radius 3 is 2.76 bits per heavy atom. The zero-order valence-electron chi connectivity index (χ0n) is 12.7. The standard InChI is InChI=1S/C17H22N2O2/c1-3-5-10-19-17(20)15(13-18)12-14-8-6-7-9-16(14)21-11-4-2/h6-9,12H,3-5,10-11H2,1-2H3,(H,19,20)/b15-12+. The van der Waals surface area contributed by atoms with Gasteiger partial charge >= 0.3 is 0 Å². The van der Waals surface area contributed by atoms with Crippen LogP contribution in [0.1, 0.15) is 38.7 Å². The highest BCUT2D eigenvalue weighted by Gasteiger charge is 2.10. The Morgan fingerprint density at radius 2 is 2.10 bits per heavy atom. The van der Waals surface area contributed by atoms with Crippen LogP contribution in [0.25, 0.3) is 6.08 Å². The maximum atomic E-state index is 11.9. The third kappa shape index (κ3) is 5.70. The third-order valence-electron chi connectivity index (χ3n) is 2.86. The zero-order valence-corrected chi connectivity index (χ0v) is 12.7. The van der Waals surface area contributed by atoms with E-state index in [0.717, 1.165) is 24.8 Å². The molecule has 0 fully saturated rings. The molecule has 112 valence electrons. The van der Waals surface area contributed by atoms with Gasteiger partial charge in [-0.1, -0.05) is 38.5 Å². The number of nitriles is 1. The van der Waals surface area contributed by atoms with Crippen molar-refractivity contribution in [1.29, 1.82) is 5.26 Å². The predicted molar refractivity (Wildman–Crippen MR) is 83.7 cm³/mol. The molecule has 1 amide bonds. The summed E-state index contributed by atoms with van der Waals surface area (Å²) in [7, 11) is 0. The Hall–Kier alpha value is -2.28. The number of ether oxygens (including phenoxy) is 1. The minimum Gasteiger partial charge on any atom is -0.493 e. The van der Waals surface area contributed by atoms with E-state index in [0.29, 0.717) is 18.9 Å². The molecule has 1 aromatic rings. The maximum Gasteiger partial charge on any atom is 0.261 e. The molecule has 0 aliphatic rings. The second-order valence-corrected chi connectivity index (χ2v) is 4.67. The molecule has 1 aromatic carbocycles. The van der Waals surface area contributed by atoms with Crippen LogP contribution < -0.4 is 10.1 Å². The van der Waals surface area contributed by atoms with Crippen LogP contribution in [0.3, 0.4) is 0 Å². The lowest BCUT2D eigenvalue weighted by atomic mass is 10.1. The van der Waals surface area contributed by atoms with Gasteiger partial charge in [-0.2, -0.15) is 5.26 Å². The van der Waals surface area contributed by atoms with Gasteiger partial charge in [0.05, 0.1) is 6.61 Å². The maximum absolute atomic E-state index is 11.9. The molecule has 0 radical (unpaired) electrons. The van der Waals surface area contributed by atoms with E-state index in [9.17, 15) is 4.79 Å². The Kier molecular flexibility index (Phi) is 7.67. The largest absolute Gasteiger partial charge is 0.493 e. The summed E-state index contributed by atoms with van der Waals surface area (Å²) in [4.78, 5) is 11.9. The van der Waals surface area contributed by atoms with Gasteiger partial charge in [-0.25, -0.2) is 0 Å². The smallest absolute Gasteiger partial charge is 0.261 e. The van der Waals surface area contributed by atoms with Crippen LogP contribution in [-0.4, -0.2) is 19.1 Å². The van der Waals surface area contributed by atoms with Crippen molar-refractivity contribution in [1.82, 2.24) is 5.32 Å². The van der Waals surface area contributed by atoms with Gasteiger partial charge in [-0.15, -0.1) is 0 Å². The van der Waals surface area contributed by atoms with Crippen LogP contribution in [0.5, 0.6) is 5.75 Å². The number of benzene rings is 1. The average Bonchev–Trinajstić information content (AvgIpc) is 2.51. The Balaban J connectivity index is 2.87. The summed E-state index contributed by atoms with van der Waals surface area (Å²) < 4.78 is 5.62. The third-order valence-corrected chi connectivity index (χ3v) is 2.86. The Bertz CT molecular complexity index is 530. The molecule has 0 heterocycles. The summed E-state index contributed by atoms with van der Waals surface area (Å²) >= 11 is 0. The lowest BCUT2D eigenvalue weighted by Crippen LogP contribution is -2.25. The van der Waals surface area contributed by atoms with Gasteiger partial charge in [-0.3, -0.25) is 4.79 Å². The first-order chi connectivity index (χ1) is 10.2. The number of hydrogen-bond acceptors (Lipinski definition) is 3. The van der Waals surface area contributed by atoms with Crippen molar-refractivity contribution in [3.05, 3.63) is 35.4 Å². The van der Waals surface area contributed by atoms with Crippen molar-refractivity contribution in [3.8, 4) is 11.8 Å². The molecule has 0 saturated carbocycles. The van der Waals surface area contributed by atoms with Crippen LogP contribution >= 0.6 is 0 Å². The molecule has 0 saturated heterocycles. The molecule has 1 N–H and O–H groups in total. The quantitative estimate of drug-likeness (QED) is 0.453. The summed E-state index contributed by atoms with van der Waals surface area (Å²) in [5, 5.41) is 11.9. The molecule has 21 heavy (non-hydrogen) atoms. The van der Waals surface area contributed by atoms with Crippen molar-refractivity contribution in [2.45, 2.75) is 33.1 Å². The minimum atomic E-state index is -0.337. The second kappa shape index (κ2) is 9.60. The topological polar surface area (TPSA) is 62.1 Å². The fourth-order valence-corrected chi connectivity index (χ4v) is 1.72. The highest BCUT2D eigenvalue weighted by atomic mass is 16.5. The number of amides is 1. The van der Waals surface area contributed by atoms with E-state index < -0.39 is 0 Å². The van der Waals surface area contributed by atoms with Gasteiger partial charge in [0.1, 0.15) is 17.4 Å². The fourth-order valence-electron chi connectivity index (χ4n) is 1.72. The van der Waals surface area contributed by atoms with Gasteiger partial charge in [-0.05, 0) is 25.0 Å². The van der Waals surface area contributed by atoms with E-state index >= 15 is 0 Å². The van der Waals surface area contributed by atoms with Crippen molar-refractivity contribution in [3.63, 3.8) is 0 Å². The predicted octanol–water partition coefficient (Wildman–Crippen LogP) is 3.30. The van der Waals surface area contributed by atoms with Crippen molar-refractivity contribution in [2.75, 3.05) is 13.2 Å². The molecule has 0 aliphatic carbocycles. The van der Waals surface area contributed by atoms with Gasteiger partial charge in [0.2, 0.25) is 0 Å². The lowest BCUT2D eigenvalue weighted by molar-refractivity contribution is -0.117. The van der Waals surface area contributed by atoms with Gasteiger partial charge in [0.15, 0.2) is 0 Å². The summed E-state index contributed by atoms with van der Waals surface area (Å²) in [5.74, 6) is 0.352. The highest BCUT2D eigenvalue weighted by Crippen LogP contribution is 2.21. The zero-order chi connectivity index (χ0) is 15.5. The normalized spacial score (nSPS) is 10.8. The SMILES string of the molecule is CCCCNC(=O)/C(C#N)=C/c1ccccc1OCCC. The van der Waals surface area contributed by atoms with E-state index in [2.05, 4.69) is 12.2 Å². The number of para-hydroxylation sites is 1. The lowest BCUT2D eigenvalue weighted by Gasteiger charge is -2.08. The number of hydrogen-bond donors (Lipinski definition) is 1. The van der Waals surface area contributed by atoms with Gasteiger partial charge in [0.25, 0.3) is 5.91 Å². The van der Waals surface area contributed by atoms with E-state index in [1.165, 1.54) is 0 Å². The first-order valence-corrected chi connectivity index (χ1v) is 7.34. The molecule has 0 unspecified atom stereocenters. The second-order valence-electron chi connectivity index (χ2n) is 4.67. The molecule has 0 bridgehead atoms. The van der Waals surface area contributed by atoms with E-state index in [-0.39, 0.29) is 11.5 Å². The van der Waals surface area contributed by atoms with Crippen LogP contribution in [-0.2, 0) is 4.79 Å². The molecule has 1 rings (SSSR count). The minimum absolute atomic E-state index is 0.0960. The van der Waals surface area contributed by atoms with Crippen LogP contribution in [0.4, 0.5) is 0 Å². The Morgan fingerprint density at radius 1 is 1.33 bits per heavy atom. The number of carbonyl (C=O) groups excluding carboxylic acids is 1. The molecule has 0 atom stereocenters. The highest BCUT2D eigenvalue weighted by molar-refractivity contribution is 6.01. The van der Waals surface area contributed by atoms with Crippen molar-refractivity contribution < 1.29 is 9.53 Å². The van der Waals surface area contributed by atoms with E-state index in [4.69, 9.17) is 10.00 Å². The number of rotatable bonds is 8. The number of nitrogens with one attached hydrogen (secondary N) is 1. The van der Waals surface area contributed by atoms with Gasteiger partial charge < -0.3 is 10.1 Å². The summed E-state index contributed by atoms with van der Waals surface area (Å²) in [5.41, 5.74) is 0.840. The summed E-state index contributed by atoms with van der Waals surface area (Å²) in [6, 6.07) is 9.35.